The Balaban J connectivity index is 0.00000320. The molecule has 2 aromatic rings. The van der Waals surface area contributed by atoms with Crippen LogP contribution in [0.25, 0.3) is 0 Å². The summed E-state index contributed by atoms with van der Waals surface area (Å²) >= 11 is 0. The Kier molecular flexibility index (Phi) is 11.2. The lowest BCUT2D eigenvalue weighted by Crippen LogP contribution is -2.44. The van der Waals surface area contributed by atoms with Crippen molar-refractivity contribution in [2.75, 3.05) is 10.2 Å². The summed E-state index contributed by atoms with van der Waals surface area (Å²) in [6, 6.07) is 20.7. The van der Waals surface area contributed by atoms with Crippen molar-refractivity contribution in [2.45, 2.75) is 77.6 Å². The Morgan fingerprint density at radius 2 is 1.17 bits per heavy atom. The number of rotatable bonds is 13. The van der Waals surface area contributed by atoms with Gasteiger partial charge < -0.3 is 0 Å². The van der Waals surface area contributed by atoms with Crippen molar-refractivity contribution in [2.24, 2.45) is 5.10 Å². The summed E-state index contributed by atoms with van der Waals surface area (Å²) < 4.78 is 0. The van der Waals surface area contributed by atoms with Crippen LogP contribution in [0, 0.1) is 0 Å². The van der Waals surface area contributed by atoms with Crippen LogP contribution >= 0.6 is 12.4 Å². The number of hydrazone groups is 1. The number of nitrogens with one attached hydrogen (secondary N) is 1. The van der Waals surface area contributed by atoms with Gasteiger partial charge in [-0.2, -0.15) is 10.2 Å². The largest absolute Gasteiger partial charge is 0.263 e. The summed E-state index contributed by atoms with van der Waals surface area (Å²) in [4.78, 5) is 0. The van der Waals surface area contributed by atoms with Crippen molar-refractivity contribution in [1.82, 2.24) is 5.43 Å². The Bertz CT molecular complexity index is 720. The van der Waals surface area contributed by atoms with Crippen LogP contribution in [0.3, 0.4) is 0 Å². The molecule has 0 amide bonds. The molecule has 1 heterocycles. The van der Waals surface area contributed by atoms with Gasteiger partial charge in [0.1, 0.15) is 5.84 Å². The first kappa shape index (κ1) is 24.1. The van der Waals surface area contributed by atoms with E-state index in [9.17, 15) is 0 Å². The highest BCUT2D eigenvalue weighted by atomic mass is 35.5. The fourth-order valence-electron chi connectivity index (χ4n) is 3.71. The molecule has 0 spiro atoms. The van der Waals surface area contributed by atoms with E-state index in [0.29, 0.717) is 0 Å². The molecule has 30 heavy (non-hydrogen) atoms. The van der Waals surface area contributed by atoms with Crippen molar-refractivity contribution < 1.29 is 0 Å². The van der Waals surface area contributed by atoms with Gasteiger partial charge in [-0.25, -0.2) is 0 Å². The second kappa shape index (κ2) is 13.9. The van der Waals surface area contributed by atoms with E-state index in [2.05, 4.69) is 48.7 Å². The van der Waals surface area contributed by atoms with Crippen LogP contribution in [0.1, 0.15) is 77.6 Å². The monoisotopic (exact) mass is 428 g/mol. The van der Waals surface area contributed by atoms with E-state index in [4.69, 9.17) is 5.10 Å². The van der Waals surface area contributed by atoms with Crippen LogP contribution in [0.4, 0.5) is 11.4 Å². The van der Waals surface area contributed by atoms with Gasteiger partial charge in [-0.1, -0.05) is 101 Å². The Morgan fingerprint density at radius 1 is 0.667 bits per heavy atom. The number of amidine groups is 1. The average Bonchev–Trinajstić information content (AvgIpc) is 3.20. The number of benzene rings is 2. The maximum Gasteiger partial charge on any atom is 0.145 e. The lowest BCUT2D eigenvalue weighted by atomic mass is 10.1. The van der Waals surface area contributed by atoms with Crippen LogP contribution in [0.2, 0.25) is 0 Å². The second-order valence-electron chi connectivity index (χ2n) is 7.86. The van der Waals surface area contributed by atoms with Gasteiger partial charge in [0.25, 0.3) is 0 Å². The third kappa shape index (κ3) is 7.56. The predicted molar refractivity (Wildman–Crippen MR) is 132 cm³/mol. The van der Waals surface area contributed by atoms with Gasteiger partial charge >= 0.3 is 0 Å². The maximum atomic E-state index is 4.86. The summed E-state index contributed by atoms with van der Waals surface area (Å²) in [5.41, 5.74) is 5.63. The number of anilines is 2. The zero-order chi connectivity index (χ0) is 20.2. The number of nitrogens with zero attached hydrogens (tertiary/aromatic N) is 3. The molecular formula is C25H37ClN4. The van der Waals surface area contributed by atoms with Gasteiger partial charge in [0.15, 0.2) is 0 Å². The highest BCUT2D eigenvalue weighted by Gasteiger charge is 2.24. The highest BCUT2D eigenvalue weighted by molar-refractivity contribution is 5.88. The molecule has 0 saturated carbocycles. The van der Waals surface area contributed by atoms with Crippen molar-refractivity contribution in [3.63, 3.8) is 0 Å². The normalized spacial score (nSPS) is 13.0. The van der Waals surface area contributed by atoms with E-state index in [0.717, 1.165) is 23.6 Å². The van der Waals surface area contributed by atoms with Gasteiger partial charge in [0.2, 0.25) is 0 Å². The molecule has 0 bridgehead atoms. The molecular weight excluding hydrogens is 392 g/mol. The number of hydrogen-bond acceptors (Lipinski definition) is 4. The number of hydrazine groups is 2. The molecule has 0 atom stereocenters. The summed E-state index contributed by atoms with van der Waals surface area (Å²) in [7, 11) is 0. The molecule has 1 aliphatic heterocycles. The maximum absolute atomic E-state index is 4.86. The Hall–Kier alpha value is -2.20. The predicted octanol–water partition coefficient (Wildman–Crippen LogP) is 7.48. The first-order valence-electron chi connectivity index (χ1n) is 11.4. The second-order valence-corrected chi connectivity index (χ2v) is 7.86. The van der Waals surface area contributed by atoms with Gasteiger partial charge in [0, 0.05) is 6.42 Å². The Labute approximate surface area is 188 Å². The third-order valence-corrected chi connectivity index (χ3v) is 5.39. The van der Waals surface area contributed by atoms with Crippen LogP contribution in [0.15, 0.2) is 65.8 Å². The third-order valence-electron chi connectivity index (χ3n) is 5.39. The van der Waals surface area contributed by atoms with Crippen molar-refractivity contribution in [3.8, 4) is 0 Å². The van der Waals surface area contributed by atoms with E-state index < -0.39 is 0 Å². The minimum Gasteiger partial charge on any atom is -0.263 e. The number of unbranched alkanes of at least 4 members (excludes halogenated alkanes) is 9. The molecule has 1 aliphatic rings. The fraction of sp³-hybridized carbons (Fsp3) is 0.480. The van der Waals surface area contributed by atoms with Crippen molar-refractivity contribution >= 4 is 29.6 Å². The molecule has 5 heteroatoms. The topological polar surface area (TPSA) is 30.9 Å². The van der Waals surface area contributed by atoms with Gasteiger partial charge in [-0.3, -0.25) is 5.43 Å². The average molecular weight is 429 g/mol. The summed E-state index contributed by atoms with van der Waals surface area (Å²) in [6.45, 7) is 2.28. The minimum atomic E-state index is 0. The van der Waals surface area contributed by atoms with Crippen LogP contribution in [-0.4, -0.2) is 5.84 Å². The standard InChI is InChI=1S/C25H36N4.ClH/c1-2-3-4-5-6-7-8-9-10-17-22-25-26-28(23-18-13-11-14-19-23)29(27-25)24-20-15-12-16-21-24;/h11-16,18-21H,2-10,17,22H2,1H3,(H,26,27);1H. The molecule has 3 rings (SSSR count). The van der Waals surface area contributed by atoms with Crippen molar-refractivity contribution in [3.05, 3.63) is 60.7 Å². The van der Waals surface area contributed by atoms with E-state index in [1.165, 1.54) is 64.2 Å². The lowest BCUT2D eigenvalue weighted by molar-refractivity contribution is 0.558. The van der Waals surface area contributed by atoms with E-state index in [1.807, 2.05) is 34.5 Å². The fourth-order valence-corrected chi connectivity index (χ4v) is 3.71. The van der Waals surface area contributed by atoms with E-state index in [-0.39, 0.29) is 12.4 Å². The first-order valence-corrected chi connectivity index (χ1v) is 11.4. The van der Waals surface area contributed by atoms with Crippen LogP contribution in [-0.2, 0) is 0 Å². The van der Waals surface area contributed by atoms with Gasteiger partial charge in [-0.05, 0) is 30.7 Å². The SMILES string of the molecule is CCCCCCCCCCCCC1=NN(c2ccccc2)N(c2ccccc2)N1.Cl. The van der Waals surface area contributed by atoms with E-state index in [1.54, 1.807) is 0 Å². The van der Waals surface area contributed by atoms with Crippen molar-refractivity contribution in [1.29, 1.82) is 0 Å². The molecule has 0 saturated heterocycles. The quantitative estimate of drug-likeness (QED) is 0.335. The molecule has 164 valence electrons. The van der Waals surface area contributed by atoms with Crippen LogP contribution in [0.5, 0.6) is 0 Å². The lowest BCUT2D eigenvalue weighted by Gasteiger charge is -2.27. The summed E-state index contributed by atoms with van der Waals surface area (Å²) in [6.07, 6.45) is 14.5. The Morgan fingerprint density at radius 3 is 1.73 bits per heavy atom. The van der Waals surface area contributed by atoms with Gasteiger partial charge in [0.05, 0.1) is 11.4 Å². The number of halogens is 1. The highest BCUT2D eigenvalue weighted by Crippen LogP contribution is 2.25. The van der Waals surface area contributed by atoms with Crippen LogP contribution < -0.4 is 15.7 Å². The molecule has 4 nitrogen and oxygen atoms in total. The molecule has 0 unspecified atom stereocenters. The zero-order valence-electron chi connectivity index (χ0n) is 18.3. The molecule has 1 N–H and O–H groups in total. The molecule has 0 fully saturated rings. The minimum absolute atomic E-state index is 0. The molecule has 0 aliphatic carbocycles. The molecule has 2 aromatic carbocycles. The molecule has 0 radical (unpaired) electrons. The number of hydrogen-bond donors (Lipinski definition) is 1. The summed E-state index contributed by atoms with van der Waals surface area (Å²) in [5.74, 6) is 1.04. The first-order chi connectivity index (χ1) is 14.4. The number of para-hydroxylation sites is 2. The smallest absolute Gasteiger partial charge is 0.145 e. The molecule has 0 aromatic heterocycles. The summed E-state index contributed by atoms with van der Waals surface area (Å²) in [5, 5.41) is 8.84. The van der Waals surface area contributed by atoms with E-state index >= 15 is 0 Å². The zero-order valence-corrected chi connectivity index (χ0v) is 19.1. The van der Waals surface area contributed by atoms with Gasteiger partial charge in [-0.15, -0.1) is 17.5 Å².